The van der Waals surface area contributed by atoms with Crippen LogP contribution in [0.3, 0.4) is 0 Å². The predicted molar refractivity (Wildman–Crippen MR) is 82.6 cm³/mol. The van der Waals surface area contributed by atoms with E-state index in [4.69, 9.17) is 9.84 Å². The van der Waals surface area contributed by atoms with Gasteiger partial charge in [0.05, 0.1) is 11.5 Å². The zero-order valence-corrected chi connectivity index (χ0v) is 13.2. The SMILES string of the molecule is CCOc1ccc(C(=O)NC(CC(C)C)C(=O)O)cc1[N+](=O)[O-]. The van der Waals surface area contributed by atoms with Crippen molar-refractivity contribution in [3.63, 3.8) is 0 Å². The first kappa shape index (κ1) is 18.4. The molecule has 23 heavy (non-hydrogen) atoms. The van der Waals surface area contributed by atoms with Gasteiger partial charge in [0.25, 0.3) is 5.91 Å². The molecule has 0 spiro atoms. The molecule has 0 radical (unpaired) electrons. The van der Waals surface area contributed by atoms with E-state index < -0.39 is 22.8 Å². The van der Waals surface area contributed by atoms with Crippen LogP contribution in [0.5, 0.6) is 5.75 Å². The number of aliphatic carboxylic acids is 1. The van der Waals surface area contributed by atoms with Gasteiger partial charge >= 0.3 is 11.7 Å². The summed E-state index contributed by atoms with van der Waals surface area (Å²) >= 11 is 0. The van der Waals surface area contributed by atoms with Gasteiger partial charge in [0.15, 0.2) is 5.75 Å². The zero-order valence-electron chi connectivity index (χ0n) is 13.2. The quantitative estimate of drug-likeness (QED) is 0.559. The monoisotopic (exact) mass is 324 g/mol. The average Bonchev–Trinajstić information content (AvgIpc) is 2.46. The zero-order chi connectivity index (χ0) is 17.6. The van der Waals surface area contributed by atoms with Gasteiger partial charge in [0, 0.05) is 11.6 Å². The van der Waals surface area contributed by atoms with E-state index in [2.05, 4.69) is 5.32 Å². The molecule has 1 aromatic rings. The number of nitrogens with zero attached hydrogens (tertiary/aromatic N) is 1. The highest BCUT2D eigenvalue weighted by atomic mass is 16.6. The number of hydrogen-bond donors (Lipinski definition) is 2. The van der Waals surface area contributed by atoms with Crippen molar-refractivity contribution in [3.05, 3.63) is 33.9 Å². The molecule has 0 aliphatic rings. The topological polar surface area (TPSA) is 119 Å². The Morgan fingerprint density at radius 2 is 2.04 bits per heavy atom. The summed E-state index contributed by atoms with van der Waals surface area (Å²) in [5.41, 5.74) is -0.328. The summed E-state index contributed by atoms with van der Waals surface area (Å²) in [7, 11) is 0. The van der Waals surface area contributed by atoms with Crippen LogP contribution in [0.2, 0.25) is 0 Å². The summed E-state index contributed by atoms with van der Waals surface area (Å²) in [6, 6.07) is 2.72. The number of nitro groups is 1. The van der Waals surface area contributed by atoms with Gasteiger partial charge in [0.2, 0.25) is 0 Å². The number of nitro benzene ring substituents is 1. The van der Waals surface area contributed by atoms with E-state index in [1.807, 2.05) is 13.8 Å². The number of nitrogens with one attached hydrogen (secondary N) is 1. The fourth-order valence-electron chi connectivity index (χ4n) is 2.01. The van der Waals surface area contributed by atoms with Crippen molar-refractivity contribution in [3.8, 4) is 5.75 Å². The van der Waals surface area contributed by atoms with E-state index in [-0.39, 0.29) is 35.9 Å². The standard InChI is InChI=1S/C15H20N2O6/c1-4-23-13-6-5-10(8-12(13)17(21)22)14(18)16-11(15(19)20)7-9(2)3/h5-6,8-9,11H,4,7H2,1-3H3,(H,16,18)(H,19,20). The van der Waals surface area contributed by atoms with Gasteiger partial charge < -0.3 is 15.2 Å². The number of carboxylic acids is 1. The predicted octanol–water partition coefficient (Wildman–Crippen LogP) is 2.22. The molecule has 0 aliphatic heterocycles. The minimum atomic E-state index is -1.15. The fourth-order valence-corrected chi connectivity index (χ4v) is 2.01. The molecule has 1 rings (SSSR count). The normalized spacial score (nSPS) is 11.8. The Labute approximate surface area is 133 Å². The lowest BCUT2D eigenvalue weighted by atomic mass is 10.0. The van der Waals surface area contributed by atoms with Crippen molar-refractivity contribution in [2.45, 2.75) is 33.2 Å². The number of benzene rings is 1. The van der Waals surface area contributed by atoms with Crippen molar-refractivity contribution in [1.82, 2.24) is 5.32 Å². The summed E-state index contributed by atoms with van der Waals surface area (Å²) in [5, 5.41) is 22.6. The third kappa shape index (κ3) is 5.24. The lowest BCUT2D eigenvalue weighted by Crippen LogP contribution is -2.41. The Balaban J connectivity index is 3.01. The van der Waals surface area contributed by atoms with E-state index in [0.717, 1.165) is 6.07 Å². The van der Waals surface area contributed by atoms with Crippen LogP contribution < -0.4 is 10.1 Å². The van der Waals surface area contributed by atoms with Gasteiger partial charge in [-0.3, -0.25) is 14.9 Å². The molecule has 1 unspecified atom stereocenters. The van der Waals surface area contributed by atoms with E-state index >= 15 is 0 Å². The van der Waals surface area contributed by atoms with Crippen LogP contribution in [-0.4, -0.2) is 34.6 Å². The second-order valence-corrected chi connectivity index (χ2v) is 5.37. The van der Waals surface area contributed by atoms with Gasteiger partial charge in [-0.2, -0.15) is 0 Å². The van der Waals surface area contributed by atoms with Gasteiger partial charge in [-0.05, 0) is 31.4 Å². The fraction of sp³-hybridized carbons (Fsp3) is 0.467. The summed E-state index contributed by atoms with van der Waals surface area (Å²) in [6.07, 6.45) is 0.264. The van der Waals surface area contributed by atoms with Crippen LogP contribution in [0.25, 0.3) is 0 Å². The minimum absolute atomic E-state index is 0.00941. The second-order valence-electron chi connectivity index (χ2n) is 5.37. The number of carbonyl (C=O) groups is 2. The van der Waals surface area contributed by atoms with Crippen molar-refractivity contribution in [2.24, 2.45) is 5.92 Å². The molecular formula is C15H20N2O6. The first-order chi connectivity index (χ1) is 10.8. The summed E-state index contributed by atoms with van der Waals surface area (Å²) in [5.74, 6) is -1.69. The van der Waals surface area contributed by atoms with Gasteiger partial charge in [-0.15, -0.1) is 0 Å². The number of carbonyl (C=O) groups excluding carboxylic acids is 1. The largest absolute Gasteiger partial charge is 0.487 e. The number of ether oxygens (including phenoxy) is 1. The van der Waals surface area contributed by atoms with Crippen molar-refractivity contribution < 1.29 is 24.4 Å². The molecule has 0 saturated heterocycles. The molecule has 0 aromatic heterocycles. The molecule has 1 amide bonds. The van der Waals surface area contributed by atoms with Crippen molar-refractivity contribution >= 4 is 17.6 Å². The van der Waals surface area contributed by atoms with E-state index in [0.29, 0.717) is 0 Å². The lowest BCUT2D eigenvalue weighted by molar-refractivity contribution is -0.385. The highest BCUT2D eigenvalue weighted by Gasteiger charge is 2.24. The van der Waals surface area contributed by atoms with Crippen LogP contribution in [0, 0.1) is 16.0 Å². The van der Waals surface area contributed by atoms with Crippen molar-refractivity contribution in [1.29, 1.82) is 0 Å². The third-order valence-electron chi connectivity index (χ3n) is 3.03. The van der Waals surface area contributed by atoms with E-state index in [1.54, 1.807) is 6.92 Å². The highest BCUT2D eigenvalue weighted by Crippen LogP contribution is 2.28. The van der Waals surface area contributed by atoms with Gasteiger partial charge in [0.1, 0.15) is 6.04 Å². The molecule has 2 N–H and O–H groups in total. The van der Waals surface area contributed by atoms with Gasteiger partial charge in [-0.1, -0.05) is 13.8 Å². The van der Waals surface area contributed by atoms with Crippen LogP contribution >= 0.6 is 0 Å². The van der Waals surface area contributed by atoms with Crippen LogP contribution in [0.15, 0.2) is 18.2 Å². The van der Waals surface area contributed by atoms with E-state index in [9.17, 15) is 19.7 Å². The lowest BCUT2D eigenvalue weighted by Gasteiger charge is -2.16. The first-order valence-corrected chi connectivity index (χ1v) is 7.21. The Kier molecular flexibility index (Phi) is 6.49. The first-order valence-electron chi connectivity index (χ1n) is 7.21. The van der Waals surface area contributed by atoms with Crippen LogP contribution in [0.4, 0.5) is 5.69 Å². The van der Waals surface area contributed by atoms with Crippen LogP contribution in [-0.2, 0) is 4.79 Å². The maximum Gasteiger partial charge on any atom is 0.326 e. The molecule has 0 heterocycles. The Bertz CT molecular complexity index is 600. The maximum absolute atomic E-state index is 12.1. The Hall–Kier alpha value is -2.64. The number of rotatable bonds is 8. The smallest absolute Gasteiger partial charge is 0.326 e. The Morgan fingerprint density at radius 1 is 1.39 bits per heavy atom. The molecule has 0 bridgehead atoms. The summed E-state index contributed by atoms with van der Waals surface area (Å²) < 4.78 is 5.14. The molecule has 0 saturated carbocycles. The average molecular weight is 324 g/mol. The molecule has 1 aromatic carbocycles. The summed E-state index contributed by atoms with van der Waals surface area (Å²) in [4.78, 5) is 33.7. The van der Waals surface area contributed by atoms with Crippen molar-refractivity contribution in [2.75, 3.05) is 6.61 Å². The highest BCUT2D eigenvalue weighted by molar-refractivity contribution is 5.97. The Morgan fingerprint density at radius 3 is 2.52 bits per heavy atom. The minimum Gasteiger partial charge on any atom is -0.487 e. The summed E-state index contributed by atoms with van der Waals surface area (Å²) in [6.45, 7) is 5.61. The van der Waals surface area contributed by atoms with Gasteiger partial charge in [-0.25, -0.2) is 4.79 Å². The molecule has 8 heteroatoms. The number of hydrogen-bond acceptors (Lipinski definition) is 5. The molecule has 0 aliphatic carbocycles. The number of amides is 1. The molecule has 126 valence electrons. The molecule has 8 nitrogen and oxygen atoms in total. The van der Waals surface area contributed by atoms with Crippen LogP contribution in [0.1, 0.15) is 37.6 Å². The number of carboxylic acid groups (broad SMARTS) is 1. The maximum atomic E-state index is 12.1. The van der Waals surface area contributed by atoms with E-state index in [1.165, 1.54) is 12.1 Å². The molecule has 0 fully saturated rings. The third-order valence-corrected chi connectivity index (χ3v) is 3.03. The molecular weight excluding hydrogens is 304 g/mol. The molecule has 1 atom stereocenters. The second kappa shape index (κ2) is 8.11.